The topological polar surface area (TPSA) is 134 Å². The number of halogens is 2. The molecule has 0 saturated heterocycles. The summed E-state index contributed by atoms with van der Waals surface area (Å²) in [7, 11) is 0. The van der Waals surface area contributed by atoms with Crippen molar-refractivity contribution in [3.8, 4) is 11.8 Å². The minimum atomic E-state index is -0.432. The Labute approximate surface area is 247 Å². The number of carbonyl (C=O) groups is 2. The van der Waals surface area contributed by atoms with Crippen LogP contribution in [0.2, 0.25) is 10.0 Å². The van der Waals surface area contributed by atoms with Crippen LogP contribution in [0.1, 0.15) is 71.9 Å². The lowest BCUT2D eigenvalue weighted by molar-refractivity contribution is -0.118. The second kappa shape index (κ2) is 12.8. The van der Waals surface area contributed by atoms with E-state index in [0.717, 1.165) is 11.0 Å². The first kappa shape index (κ1) is 30.2. The number of amides is 2. The predicted molar refractivity (Wildman–Crippen MR) is 160 cm³/mol. The van der Waals surface area contributed by atoms with Crippen molar-refractivity contribution in [3.63, 3.8) is 0 Å². The molecule has 0 fully saturated rings. The summed E-state index contributed by atoms with van der Waals surface area (Å²) in [5.74, 6) is -1.02. The van der Waals surface area contributed by atoms with Crippen LogP contribution in [-0.4, -0.2) is 31.2 Å². The number of aromatic hydroxyl groups is 2. The van der Waals surface area contributed by atoms with Gasteiger partial charge in [-0.2, -0.15) is 0 Å². The van der Waals surface area contributed by atoms with Crippen LogP contribution < -0.4 is 0 Å². The van der Waals surface area contributed by atoms with Crippen molar-refractivity contribution in [2.24, 2.45) is 20.5 Å². The van der Waals surface area contributed by atoms with E-state index in [4.69, 9.17) is 23.2 Å². The smallest absolute Gasteiger partial charge is 0.264 e. The molecule has 4 rings (SSSR count). The van der Waals surface area contributed by atoms with Crippen LogP contribution in [0.4, 0.5) is 11.4 Å². The number of benzene rings is 2. The molecule has 0 aliphatic heterocycles. The summed E-state index contributed by atoms with van der Waals surface area (Å²) in [5.41, 5.74) is 1.89. The van der Waals surface area contributed by atoms with Gasteiger partial charge in [0.2, 0.25) is 11.8 Å². The Morgan fingerprint density at radius 1 is 0.707 bits per heavy atom. The molecule has 4 aromatic rings. The van der Waals surface area contributed by atoms with Gasteiger partial charge in [-0.05, 0) is 76.9 Å². The highest BCUT2D eigenvalue weighted by atomic mass is 35.5. The summed E-state index contributed by atoms with van der Waals surface area (Å²) in [6.07, 6.45) is 1.91. The summed E-state index contributed by atoms with van der Waals surface area (Å²) >= 11 is 12.3. The maximum Gasteiger partial charge on any atom is 0.264 e. The molecule has 0 saturated carbocycles. The summed E-state index contributed by atoms with van der Waals surface area (Å²) in [6, 6.07) is 10.3. The molecule has 0 aliphatic carbocycles. The van der Waals surface area contributed by atoms with Crippen molar-refractivity contribution in [1.29, 1.82) is 0 Å². The molecule has 0 unspecified atom stereocenters. The maximum absolute atomic E-state index is 12.3. The Bertz CT molecular complexity index is 1550. The van der Waals surface area contributed by atoms with Crippen LogP contribution >= 0.6 is 23.2 Å². The third-order valence-corrected chi connectivity index (χ3v) is 7.13. The summed E-state index contributed by atoms with van der Waals surface area (Å²) in [5, 5.41) is 39.2. The van der Waals surface area contributed by atoms with Gasteiger partial charge in [-0.25, -0.2) is 0 Å². The minimum Gasteiger partial charge on any atom is -0.493 e. The third kappa shape index (κ3) is 6.60. The van der Waals surface area contributed by atoms with Gasteiger partial charge >= 0.3 is 0 Å². The van der Waals surface area contributed by atoms with Crippen LogP contribution in [0.5, 0.6) is 11.8 Å². The molecule has 2 heterocycles. The number of aromatic nitrogens is 2. The molecule has 2 amide bonds. The normalized spacial score (nSPS) is 12.3. The highest BCUT2D eigenvalue weighted by molar-refractivity contribution is 6.32. The van der Waals surface area contributed by atoms with Gasteiger partial charge in [0.1, 0.15) is 0 Å². The number of azo groups is 2. The maximum atomic E-state index is 12.3. The van der Waals surface area contributed by atoms with Gasteiger partial charge in [-0.1, -0.05) is 29.6 Å². The van der Waals surface area contributed by atoms with E-state index in [1.807, 2.05) is 27.7 Å². The number of carbonyl (C=O) groups excluding carboxylic acids is 2. The van der Waals surface area contributed by atoms with Crippen LogP contribution in [0.15, 0.2) is 56.9 Å². The monoisotopic (exact) mass is 598 g/mol. The number of hydrogen-bond acceptors (Lipinski definition) is 6. The van der Waals surface area contributed by atoms with Gasteiger partial charge in [0.15, 0.2) is 11.4 Å². The zero-order valence-corrected chi connectivity index (χ0v) is 24.8. The first-order chi connectivity index (χ1) is 19.5. The highest BCUT2D eigenvalue weighted by Crippen LogP contribution is 2.43. The van der Waals surface area contributed by atoms with E-state index in [1.54, 1.807) is 45.5 Å². The molecular weight excluding hydrogens is 567 g/mol. The van der Waals surface area contributed by atoms with Crippen molar-refractivity contribution in [2.45, 2.75) is 71.9 Å². The third-order valence-electron chi connectivity index (χ3n) is 6.66. The Morgan fingerprint density at radius 3 is 1.46 bits per heavy atom. The molecule has 2 N–H and O–H groups in total. The number of hydrogen-bond donors (Lipinski definition) is 2. The summed E-state index contributed by atoms with van der Waals surface area (Å²) < 4.78 is 3.41. The number of unbranched alkanes of at least 4 members (excludes halogenated alkanes) is 2. The molecule has 2 aromatic heterocycles. The summed E-state index contributed by atoms with van der Waals surface area (Å²) in [6.45, 7) is 7.71. The van der Waals surface area contributed by atoms with Crippen molar-refractivity contribution in [2.75, 3.05) is 0 Å². The van der Waals surface area contributed by atoms with E-state index in [-0.39, 0.29) is 48.1 Å². The number of fused-ring (bicyclic) bond motifs is 2. The molecule has 41 heavy (non-hydrogen) atoms. The fraction of sp³-hybridized carbons (Fsp3) is 0.379. The lowest BCUT2D eigenvalue weighted by atomic mass is 10.1. The Balaban J connectivity index is 1.31. The van der Waals surface area contributed by atoms with E-state index in [1.165, 1.54) is 0 Å². The molecule has 0 aliphatic rings. The zero-order chi connectivity index (χ0) is 29.8. The standard InChI is InChI=1S/C29H32Cl2N6O4/c1-16(2)36-22-12-10-18(30)14-20(22)26(28(36)40)34-32-24(38)8-6-5-7-9-25(39)33-35-27-21-15-19(31)11-13-23(21)37(17(3)4)29(27)41/h10-17,40-41H,5-9H2,1-4H3. The van der Waals surface area contributed by atoms with Gasteiger partial charge in [-0.3, -0.25) is 9.59 Å². The van der Waals surface area contributed by atoms with Crippen molar-refractivity contribution in [3.05, 3.63) is 46.4 Å². The van der Waals surface area contributed by atoms with Crippen LogP contribution in [0.25, 0.3) is 21.8 Å². The first-order valence-corrected chi connectivity index (χ1v) is 14.2. The fourth-order valence-electron chi connectivity index (χ4n) is 4.80. The van der Waals surface area contributed by atoms with E-state index in [9.17, 15) is 19.8 Å². The molecule has 0 bridgehead atoms. The Hall–Kier alpha value is -3.76. The van der Waals surface area contributed by atoms with E-state index < -0.39 is 11.8 Å². The Morgan fingerprint density at radius 2 is 1.10 bits per heavy atom. The lowest BCUT2D eigenvalue weighted by Gasteiger charge is -2.10. The van der Waals surface area contributed by atoms with Crippen molar-refractivity contribution >= 4 is 68.2 Å². The van der Waals surface area contributed by atoms with Crippen molar-refractivity contribution in [1.82, 2.24) is 9.13 Å². The average Bonchev–Trinajstić information content (AvgIpc) is 3.34. The molecule has 0 radical (unpaired) electrons. The van der Waals surface area contributed by atoms with Gasteiger partial charge in [0, 0.05) is 45.7 Å². The second-order valence-corrected chi connectivity index (χ2v) is 11.2. The van der Waals surface area contributed by atoms with Crippen LogP contribution in [0, 0.1) is 0 Å². The molecule has 2 aromatic carbocycles. The van der Waals surface area contributed by atoms with Crippen LogP contribution in [-0.2, 0) is 9.59 Å². The van der Waals surface area contributed by atoms with E-state index in [0.29, 0.717) is 40.1 Å². The van der Waals surface area contributed by atoms with Gasteiger partial charge < -0.3 is 19.3 Å². The lowest BCUT2D eigenvalue weighted by Crippen LogP contribution is -1.98. The van der Waals surface area contributed by atoms with Gasteiger partial charge in [0.05, 0.1) is 11.0 Å². The van der Waals surface area contributed by atoms with Gasteiger partial charge in [-0.15, -0.1) is 20.5 Å². The first-order valence-electron chi connectivity index (χ1n) is 13.4. The van der Waals surface area contributed by atoms with E-state index in [2.05, 4.69) is 20.5 Å². The molecule has 216 valence electrons. The Kier molecular flexibility index (Phi) is 9.45. The minimum absolute atomic E-state index is 0.0369. The molecule has 10 nitrogen and oxygen atoms in total. The zero-order valence-electron chi connectivity index (χ0n) is 23.3. The number of rotatable bonds is 10. The molecule has 0 spiro atoms. The largest absolute Gasteiger partial charge is 0.493 e. The van der Waals surface area contributed by atoms with E-state index >= 15 is 0 Å². The molecular formula is C29H32Cl2N6O4. The molecule has 12 heteroatoms. The van der Waals surface area contributed by atoms with Crippen molar-refractivity contribution < 1.29 is 19.8 Å². The average molecular weight is 600 g/mol. The quantitative estimate of drug-likeness (QED) is 0.139. The predicted octanol–water partition coefficient (Wildman–Crippen LogP) is 9.35. The number of nitrogens with zero attached hydrogens (tertiary/aromatic N) is 6. The molecule has 0 atom stereocenters. The summed E-state index contributed by atoms with van der Waals surface area (Å²) in [4.78, 5) is 24.7. The fourth-order valence-corrected chi connectivity index (χ4v) is 5.14. The second-order valence-electron chi connectivity index (χ2n) is 10.3. The van der Waals surface area contributed by atoms with Crippen LogP contribution in [0.3, 0.4) is 0 Å². The SMILES string of the molecule is CC(C)n1c(O)c(N=NC(=O)CCCCCC(=O)N=Nc2c(O)n(C(C)C)c3ccc(Cl)cc23)c2cc(Cl)ccc21. The highest BCUT2D eigenvalue weighted by Gasteiger charge is 2.20. The van der Waals surface area contributed by atoms with Gasteiger partial charge in [0.25, 0.3) is 11.8 Å².